The van der Waals surface area contributed by atoms with Crippen LogP contribution in [-0.2, 0) is 35.1 Å². The van der Waals surface area contributed by atoms with Crippen LogP contribution < -0.4 is 0 Å². The molecule has 0 aliphatic rings. The molecule has 0 spiro atoms. The molecule has 0 unspecified atom stereocenters. The van der Waals surface area contributed by atoms with Crippen LogP contribution in [0, 0.1) is 0 Å². The van der Waals surface area contributed by atoms with Crippen molar-refractivity contribution < 1.29 is 24.2 Å². The molecular weight excluding hydrogens is 715 g/mol. The average Bonchev–Trinajstić information content (AvgIpc) is 3.83. The second kappa shape index (κ2) is 19.2. The molecule has 0 aromatic heterocycles. The van der Waals surface area contributed by atoms with Gasteiger partial charge in [0.25, 0.3) is 0 Å². The molecule has 0 bridgehead atoms. The van der Waals surface area contributed by atoms with Crippen molar-refractivity contribution >= 4 is 49.6 Å². The predicted molar refractivity (Wildman–Crippen MR) is 220 cm³/mol. The molecule has 0 N–H and O–H groups in total. The van der Waals surface area contributed by atoms with E-state index in [9.17, 15) is 0 Å². The maximum atomic E-state index is 2.35. The van der Waals surface area contributed by atoms with Gasteiger partial charge in [-0.3, -0.25) is 0 Å². The van der Waals surface area contributed by atoms with E-state index in [-0.39, 0.29) is 35.6 Å². The van der Waals surface area contributed by atoms with Gasteiger partial charge in [0.1, 0.15) is 0 Å². The Morgan fingerprint density at radius 2 is 0.837 bits per heavy atom. The van der Waals surface area contributed by atoms with E-state index in [1.165, 1.54) is 58.1 Å². The van der Waals surface area contributed by atoms with Crippen molar-refractivity contribution in [1.82, 2.24) is 0 Å². The fraction of sp³-hybridized carbons (Fsp3) is 0.217. The summed E-state index contributed by atoms with van der Waals surface area (Å²) in [5.41, 5.74) is 8.39. The standard InChI is InChI=1S/C21H25.2C11H9.C3H6.2ClH.Zr/c1-20(2,3)16-7-9-18-14(12-16)11-15-13-17(21(4,5)6)8-10-19(15)18;2*1-2-6-10(7-3-1)11-8-4-5-9-11;1-3-2;;;/h7-13H,1-6H3;2*1-9H;1-2H3;2*1H;/q3*-1;;;;. The van der Waals surface area contributed by atoms with Gasteiger partial charge < -0.3 is 0 Å². The summed E-state index contributed by atoms with van der Waals surface area (Å²) in [7, 11) is 0. The summed E-state index contributed by atoms with van der Waals surface area (Å²) in [5.74, 6) is 0. The van der Waals surface area contributed by atoms with Crippen LogP contribution in [0.5, 0.6) is 0 Å². The summed E-state index contributed by atoms with van der Waals surface area (Å²) in [4.78, 5) is 0. The van der Waals surface area contributed by atoms with E-state index in [2.05, 4.69) is 195 Å². The molecule has 0 fully saturated rings. The minimum Gasteiger partial charge on any atom is -0.176 e. The van der Waals surface area contributed by atoms with E-state index in [1.54, 1.807) is 24.2 Å². The van der Waals surface area contributed by atoms with Gasteiger partial charge in [0, 0.05) is 0 Å². The summed E-state index contributed by atoms with van der Waals surface area (Å²) in [6, 6.07) is 53.7. The zero-order chi connectivity index (χ0) is 34.0. The minimum atomic E-state index is 0. The molecule has 0 aliphatic heterocycles. The summed E-state index contributed by atoms with van der Waals surface area (Å²) in [6.45, 7) is 17.9. The number of hydrogen-bond acceptors (Lipinski definition) is 0. The number of fused-ring (bicyclic) bond motifs is 3. The van der Waals surface area contributed by atoms with E-state index >= 15 is 0 Å². The van der Waals surface area contributed by atoms with E-state index in [0.717, 1.165) is 0 Å². The molecule has 0 radical (unpaired) electrons. The van der Waals surface area contributed by atoms with Crippen molar-refractivity contribution in [3.63, 3.8) is 0 Å². The molecule has 0 heterocycles. The molecule has 3 heteroatoms. The van der Waals surface area contributed by atoms with Crippen LogP contribution in [0.3, 0.4) is 0 Å². The van der Waals surface area contributed by atoms with Crippen LogP contribution in [0.15, 0.2) is 152 Å². The Labute approximate surface area is 322 Å². The SMILES string of the molecule is CC(C)(C)c1ccc2c(c1)[cH-]c1cc(C(C)(C)C)ccc12.C[C](C)=[Zr].Cl.Cl.c1ccc(-c2ccc[cH-]2)cc1.c1ccc(-c2ccc[cH-]2)cc1. The normalized spacial score (nSPS) is 10.6. The third-order valence-electron chi connectivity index (χ3n) is 7.98. The van der Waals surface area contributed by atoms with Crippen molar-refractivity contribution in [1.29, 1.82) is 0 Å². The molecule has 256 valence electrons. The molecule has 7 aromatic rings. The van der Waals surface area contributed by atoms with E-state index in [0.29, 0.717) is 0 Å². The third-order valence-corrected chi connectivity index (χ3v) is 7.98. The largest absolute Gasteiger partial charge is 0.176 e. The molecular formula is C46H51Cl2Zr-3. The Balaban J connectivity index is 0.000000253. The molecule has 7 aromatic carbocycles. The predicted octanol–water partition coefficient (Wildman–Crippen LogP) is 14.0. The van der Waals surface area contributed by atoms with Gasteiger partial charge in [-0.15, -0.1) is 87.8 Å². The third kappa shape index (κ3) is 12.6. The van der Waals surface area contributed by atoms with Gasteiger partial charge in [0.15, 0.2) is 0 Å². The van der Waals surface area contributed by atoms with Crippen LogP contribution >= 0.6 is 24.8 Å². The van der Waals surface area contributed by atoms with Crippen molar-refractivity contribution in [2.45, 2.75) is 66.2 Å². The molecule has 0 amide bonds. The van der Waals surface area contributed by atoms with E-state index < -0.39 is 0 Å². The molecule has 7 rings (SSSR count). The first-order valence-corrected chi connectivity index (χ1v) is 17.8. The van der Waals surface area contributed by atoms with E-state index in [4.69, 9.17) is 0 Å². The summed E-state index contributed by atoms with van der Waals surface area (Å²) >= 11 is 1.55. The fourth-order valence-corrected chi connectivity index (χ4v) is 5.35. The van der Waals surface area contributed by atoms with Crippen LogP contribution in [0.4, 0.5) is 0 Å². The maximum Gasteiger partial charge on any atom is -0.0638 e. The second-order valence-corrected chi connectivity index (χ2v) is 16.8. The Kier molecular flexibility index (Phi) is 16.5. The summed E-state index contributed by atoms with van der Waals surface area (Å²) in [5, 5.41) is 5.48. The first kappa shape index (κ1) is 42.0. The molecule has 0 atom stereocenters. The summed E-state index contributed by atoms with van der Waals surface area (Å²) in [6.07, 6.45) is 0. The van der Waals surface area contributed by atoms with Crippen LogP contribution in [0.1, 0.15) is 66.5 Å². The maximum absolute atomic E-state index is 2.35. The quantitative estimate of drug-likeness (QED) is 0.154. The first-order valence-electron chi connectivity index (χ1n) is 16.5. The molecule has 0 saturated heterocycles. The fourth-order valence-electron chi connectivity index (χ4n) is 5.35. The number of hydrogen-bond donors (Lipinski definition) is 0. The van der Waals surface area contributed by atoms with Crippen molar-refractivity contribution in [3.8, 4) is 22.3 Å². The Morgan fingerprint density at radius 1 is 0.490 bits per heavy atom. The first-order chi connectivity index (χ1) is 22.3. The Bertz CT molecular complexity index is 1800. The number of halogens is 2. The topological polar surface area (TPSA) is 0 Å². The van der Waals surface area contributed by atoms with Gasteiger partial charge in [-0.2, -0.15) is 47.5 Å². The second-order valence-electron chi connectivity index (χ2n) is 14.3. The number of benzene rings is 4. The number of rotatable bonds is 2. The molecule has 49 heavy (non-hydrogen) atoms. The zero-order valence-electron chi connectivity index (χ0n) is 30.3. The van der Waals surface area contributed by atoms with Crippen molar-refractivity contribution in [2.75, 3.05) is 0 Å². The van der Waals surface area contributed by atoms with Gasteiger partial charge in [-0.25, -0.2) is 0 Å². The summed E-state index contributed by atoms with van der Waals surface area (Å²) < 4.78 is 1.51. The van der Waals surface area contributed by atoms with Crippen molar-refractivity contribution in [2.24, 2.45) is 0 Å². The average molecular weight is 766 g/mol. The molecule has 0 aliphatic carbocycles. The Hall–Kier alpha value is -3.22. The van der Waals surface area contributed by atoms with Gasteiger partial charge >= 0.3 is 41.3 Å². The molecule has 0 saturated carbocycles. The monoisotopic (exact) mass is 763 g/mol. The Morgan fingerprint density at radius 3 is 1.12 bits per heavy atom. The van der Waals surface area contributed by atoms with E-state index in [1.807, 2.05) is 12.1 Å². The van der Waals surface area contributed by atoms with Crippen LogP contribution in [-0.4, -0.2) is 3.21 Å². The van der Waals surface area contributed by atoms with Crippen LogP contribution in [0.25, 0.3) is 43.8 Å². The van der Waals surface area contributed by atoms with Gasteiger partial charge in [0.2, 0.25) is 0 Å². The van der Waals surface area contributed by atoms with Crippen LogP contribution in [0.2, 0.25) is 0 Å². The van der Waals surface area contributed by atoms with Crippen molar-refractivity contribution in [3.05, 3.63) is 163 Å². The van der Waals surface area contributed by atoms with Gasteiger partial charge in [-0.1, -0.05) is 138 Å². The van der Waals surface area contributed by atoms with Gasteiger partial charge in [0.05, 0.1) is 0 Å². The zero-order valence-corrected chi connectivity index (χ0v) is 34.3. The molecule has 0 nitrogen and oxygen atoms in total. The van der Waals surface area contributed by atoms with Gasteiger partial charge in [-0.05, 0) is 10.8 Å². The minimum absolute atomic E-state index is 0. The smallest absolute Gasteiger partial charge is 0.0638 e.